The Labute approximate surface area is 67.2 Å². The molecule has 0 aromatic carbocycles. The fourth-order valence-corrected chi connectivity index (χ4v) is 0.709. The highest BCUT2D eigenvalue weighted by atomic mass is 32.3. The summed E-state index contributed by atoms with van der Waals surface area (Å²) in [6.07, 6.45) is 0. The van der Waals surface area contributed by atoms with E-state index in [4.69, 9.17) is 9.76 Å². The van der Waals surface area contributed by atoms with Gasteiger partial charge in [0.1, 0.15) is 0 Å². The van der Waals surface area contributed by atoms with Crippen molar-refractivity contribution in [1.82, 2.24) is 9.95 Å². The molecule has 0 aromatic heterocycles. The molecule has 0 fully saturated rings. The number of rotatable bonds is 2. The third-order valence-corrected chi connectivity index (χ3v) is 1.15. The lowest BCUT2D eigenvalue weighted by molar-refractivity contribution is 0.0500. The first-order chi connectivity index (χ1) is 4.87. The Morgan fingerprint density at radius 3 is 2.36 bits per heavy atom. The number of hydrogen-bond acceptors (Lipinski definition) is 6. The zero-order valence-electron chi connectivity index (χ0n) is 4.83. The average Bonchev–Trinajstić information content (AvgIpc) is 1.82. The van der Waals surface area contributed by atoms with E-state index in [1.54, 1.807) is 0 Å². The van der Waals surface area contributed by atoms with E-state index in [0.29, 0.717) is 0 Å². The van der Waals surface area contributed by atoms with Gasteiger partial charge in [0.05, 0.1) is 0 Å². The van der Waals surface area contributed by atoms with E-state index in [1.807, 2.05) is 0 Å². The normalized spacial score (nSPS) is 10.8. The molecule has 3 N–H and O–H groups in total. The van der Waals surface area contributed by atoms with E-state index in [9.17, 15) is 13.2 Å². The average molecular weight is 204 g/mol. The van der Waals surface area contributed by atoms with E-state index in [-0.39, 0.29) is 4.47 Å². The molecule has 11 heavy (non-hydrogen) atoms. The summed E-state index contributed by atoms with van der Waals surface area (Å²) >= 11 is 3.10. The first-order valence-corrected chi connectivity index (χ1v) is 3.73. The van der Waals surface area contributed by atoms with Crippen LogP contribution in [0.1, 0.15) is 0 Å². The Hall–Kier alpha value is -0.550. The smallest absolute Gasteiger partial charge is 0.287 e. The van der Waals surface area contributed by atoms with E-state index in [1.165, 1.54) is 0 Å². The van der Waals surface area contributed by atoms with Gasteiger partial charge in [-0.15, -0.1) is 8.75 Å². The fourth-order valence-electron chi connectivity index (χ4n) is 0.166. The monoisotopic (exact) mass is 204 g/mol. The second-order valence-electron chi connectivity index (χ2n) is 1.19. The second-order valence-corrected chi connectivity index (χ2v) is 2.56. The van der Waals surface area contributed by atoms with Crippen molar-refractivity contribution < 1.29 is 27.3 Å². The maximum atomic E-state index is 10.2. The molecule has 0 rings (SSSR count). The van der Waals surface area contributed by atoms with Crippen molar-refractivity contribution >= 4 is 29.2 Å². The van der Waals surface area contributed by atoms with Gasteiger partial charge in [-0.05, 0) is 12.8 Å². The van der Waals surface area contributed by atoms with Gasteiger partial charge in [-0.25, -0.2) is 10.3 Å². The lowest BCUT2D eigenvalue weighted by atomic mass is 11.1. The molecule has 0 aromatic rings. The zero-order chi connectivity index (χ0) is 9.07. The Bertz CT molecular complexity index is 233. The maximum Gasteiger partial charge on any atom is 0.419 e. The molecule has 0 unspecified atom stereocenters. The van der Waals surface area contributed by atoms with E-state index < -0.39 is 16.4 Å². The van der Waals surface area contributed by atoms with Crippen LogP contribution in [0.4, 0.5) is 4.79 Å². The molecule has 0 aliphatic heterocycles. The number of hydrogen-bond donors (Lipinski definition) is 4. The molecule has 8 nitrogen and oxygen atoms in total. The quantitative estimate of drug-likeness (QED) is 0.198. The van der Waals surface area contributed by atoms with Crippen LogP contribution in [0.2, 0.25) is 0 Å². The van der Waals surface area contributed by atoms with Crippen molar-refractivity contribution in [3.05, 3.63) is 0 Å². The van der Waals surface area contributed by atoms with E-state index in [2.05, 4.69) is 17.1 Å². The molecule has 10 heteroatoms. The summed E-state index contributed by atoms with van der Waals surface area (Å²) in [5, 5.41) is 7.86. The topological polar surface area (TPSA) is 116 Å². The van der Waals surface area contributed by atoms with Crippen LogP contribution in [0.15, 0.2) is 0 Å². The van der Waals surface area contributed by atoms with Crippen LogP contribution in [0.3, 0.4) is 0 Å². The first kappa shape index (κ1) is 10.4. The summed E-state index contributed by atoms with van der Waals surface area (Å²) in [5.74, 6) is 0. The molecule has 66 valence electrons. The van der Waals surface area contributed by atoms with Gasteiger partial charge in [0.2, 0.25) is 0 Å². The molecule has 0 atom stereocenters. The number of hydroxylamine groups is 2. The van der Waals surface area contributed by atoms with Gasteiger partial charge in [0, 0.05) is 0 Å². The minimum Gasteiger partial charge on any atom is -0.287 e. The summed E-state index contributed by atoms with van der Waals surface area (Å²) in [6, 6.07) is -1.37. The van der Waals surface area contributed by atoms with Crippen molar-refractivity contribution in [1.29, 1.82) is 0 Å². The summed E-state index contributed by atoms with van der Waals surface area (Å²) in [6.45, 7) is 0. The van der Waals surface area contributed by atoms with Crippen LogP contribution in [-0.4, -0.2) is 28.7 Å². The van der Waals surface area contributed by atoms with Crippen LogP contribution >= 0.6 is 12.8 Å². The third kappa shape index (κ3) is 4.80. The maximum absolute atomic E-state index is 10.2. The van der Waals surface area contributed by atoms with Crippen molar-refractivity contribution in [2.45, 2.75) is 0 Å². The predicted octanol–water partition coefficient (Wildman–Crippen LogP) is -1.03. The fraction of sp³-hybridized carbons (Fsp3) is 0. The Balaban J connectivity index is 4.09. The van der Waals surface area contributed by atoms with Gasteiger partial charge in [-0.1, -0.05) is 0 Å². The number of thiol groups is 1. The predicted molar refractivity (Wildman–Crippen MR) is 33.8 cm³/mol. The Morgan fingerprint density at radius 2 is 2.09 bits per heavy atom. The molecule has 2 amide bonds. The molecule has 0 saturated heterocycles. The van der Waals surface area contributed by atoms with Gasteiger partial charge in [0.25, 0.3) is 0 Å². The van der Waals surface area contributed by atoms with Crippen LogP contribution in [0, 0.1) is 0 Å². The number of urea groups is 1. The Kier molecular flexibility index (Phi) is 3.54. The number of amides is 2. The number of nitrogens with one attached hydrogen (secondary N) is 1. The van der Waals surface area contributed by atoms with Gasteiger partial charge >= 0.3 is 16.4 Å². The van der Waals surface area contributed by atoms with Crippen molar-refractivity contribution in [3.8, 4) is 0 Å². The highest BCUT2D eigenvalue weighted by Crippen LogP contribution is 1.99. The van der Waals surface area contributed by atoms with Gasteiger partial charge in [-0.3, -0.25) is 9.76 Å². The molecule has 0 heterocycles. The molecule has 0 saturated carbocycles. The van der Waals surface area contributed by atoms with Crippen LogP contribution in [0.25, 0.3) is 0 Å². The van der Waals surface area contributed by atoms with E-state index in [0.717, 1.165) is 5.48 Å². The zero-order valence-corrected chi connectivity index (χ0v) is 6.54. The lowest BCUT2D eigenvalue weighted by Crippen LogP contribution is -2.33. The molecule has 0 radical (unpaired) electrons. The molecule has 0 aliphatic rings. The minimum absolute atomic E-state index is 0.213. The standard InChI is InChI=1S/CH4N2O6S2/c4-1(2-5)3(10)9-11(6,7)8/h5,10H,(H,2,4)(H,6,7,8). The minimum atomic E-state index is -4.80. The lowest BCUT2D eigenvalue weighted by Gasteiger charge is -2.09. The SMILES string of the molecule is O=C(NO)N(S)OS(=O)(=O)O. The number of carbonyl (C=O) groups excluding carboxylic acids is 1. The molecular weight excluding hydrogens is 200 g/mol. The highest BCUT2D eigenvalue weighted by Gasteiger charge is 2.16. The number of carbonyl (C=O) groups is 1. The van der Waals surface area contributed by atoms with Gasteiger partial charge in [-0.2, -0.15) is 8.42 Å². The van der Waals surface area contributed by atoms with Crippen LogP contribution in [0.5, 0.6) is 0 Å². The van der Waals surface area contributed by atoms with Gasteiger partial charge in [0.15, 0.2) is 0 Å². The van der Waals surface area contributed by atoms with Crippen LogP contribution < -0.4 is 5.48 Å². The third-order valence-electron chi connectivity index (χ3n) is 0.434. The summed E-state index contributed by atoms with van der Waals surface area (Å²) in [7, 11) is -4.80. The number of nitrogens with zero attached hydrogens (tertiary/aromatic N) is 1. The Morgan fingerprint density at radius 1 is 1.64 bits per heavy atom. The van der Waals surface area contributed by atoms with Crippen molar-refractivity contribution in [2.75, 3.05) is 0 Å². The summed E-state index contributed by atoms with van der Waals surface area (Å²) < 4.78 is 30.8. The van der Waals surface area contributed by atoms with Crippen molar-refractivity contribution in [2.24, 2.45) is 0 Å². The van der Waals surface area contributed by atoms with Crippen molar-refractivity contribution in [3.63, 3.8) is 0 Å². The summed E-state index contributed by atoms with van der Waals surface area (Å²) in [4.78, 5) is 10.2. The van der Waals surface area contributed by atoms with Gasteiger partial charge < -0.3 is 0 Å². The van der Waals surface area contributed by atoms with Crippen LogP contribution in [-0.2, 0) is 14.7 Å². The highest BCUT2D eigenvalue weighted by molar-refractivity contribution is 7.82. The second kappa shape index (κ2) is 3.73. The molecule has 0 aliphatic carbocycles. The molecular formula is CH4N2O6S2. The molecule has 0 bridgehead atoms. The van der Waals surface area contributed by atoms with E-state index >= 15 is 0 Å². The largest absolute Gasteiger partial charge is 0.419 e. The summed E-state index contributed by atoms with van der Waals surface area (Å²) in [5.41, 5.74) is 0.997. The first-order valence-electron chi connectivity index (χ1n) is 1.97. The molecule has 0 spiro atoms.